The van der Waals surface area contributed by atoms with Crippen molar-refractivity contribution >= 4 is 11.8 Å². The highest BCUT2D eigenvalue weighted by Crippen LogP contribution is 2.53. The van der Waals surface area contributed by atoms with Gasteiger partial charge in [0.2, 0.25) is 11.8 Å². The average molecular weight is 222 g/mol. The van der Waals surface area contributed by atoms with E-state index in [0.29, 0.717) is 0 Å². The predicted octanol–water partition coefficient (Wildman–Crippen LogP) is 0.0397. The van der Waals surface area contributed by atoms with Gasteiger partial charge in [0.1, 0.15) is 5.54 Å². The Morgan fingerprint density at radius 3 is 1.93 bits per heavy atom. The summed E-state index contributed by atoms with van der Waals surface area (Å²) in [6.45, 7) is -0.712. The Morgan fingerprint density at radius 1 is 1.13 bits per heavy atom. The number of hydrogen-bond donors (Lipinski definition) is 1. The maximum Gasteiger partial charge on any atom is 0.406 e. The van der Waals surface area contributed by atoms with Crippen LogP contribution in [0.2, 0.25) is 0 Å². The lowest BCUT2D eigenvalue weighted by molar-refractivity contribution is -0.198. The smallest absolute Gasteiger partial charge is 0.294 e. The van der Waals surface area contributed by atoms with Crippen LogP contribution in [0.1, 0.15) is 12.8 Å². The Hall–Kier alpha value is -1.11. The van der Waals surface area contributed by atoms with Crippen molar-refractivity contribution in [3.05, 3.63) is 0 Å². The van der Waals surface area contributed by atoms with Gasteiger partial charge in [-0.25, -0.2) is 0 Å². The van der Waals surface area contributed by atoms with E-state index in [0.717, 1.165) is 4.90 Å². The van der Waals surface area contributed by atoms with Crippen LogP contribution in [0.5, 0.6) is 0 Å². The summed E-state index contributed by atoms with van der Waals surface area (Å²) in [7, 11) is 0. The van der Waals surface area contributed by atoms with Crippen molar-refractivity contribution in [1.82, 2.24) is 10.2 Å². The van der Waals surface area contributed by atoms with E-state index in [1.54, 1.807) is 0 Å². The topological polar surface area (TPSA) is 49.4 Å². The van der Waals surface area contributed by atoms with E-state index in [-0.39, 0.29) is 25.9 Å². The van der Waals surface area contributed by atoms with Crippen LogP contribution in [0.4, 0.5) is 13.2 Å². The molecular formula is C8H9F3N2O2. The summed E-state index contributed by atoms with van der Waals surface area (Å²) < 4.78 is 37.9. The second kappa shape index (κ2) is 2.94. The Balaban J connectivity index is 2.17. The summed E-state index contributed by atoms with van der Waals surface area (Å²) in [5.41, 5.74) is -1.93. The summed E-state index contributed by atoms with van der Waals surface area (Å²) in [6.07, 6.45) is -4.43. The molecule has 0 radical (unpaired) electrons. The fourth-order valence-electron chi connectivity index (χ4n) is 1.84. The molecule has 0 aromatic rings. The Labute approximate surface area is 83.4 Å². The number of rotatable bonds is 1. The van der Waals surface area contributed by atoms with Crippen LogP contribution in [0.15, 0.2) is 0 Å². The first-order chi connectivity index (χ1) is 6.85. The first-order valence-corrected chi connectivity index (χ1v) is 4.50. The molecule has 1 heterocycles. The second-order valence-corrected chi connectivity index (χ2v) is 3.86. The zero-order valence-corrected chi connectivity index (χ0v) is 7.73. The number of carbonyl (C=O) groups is 2. The number of imide groups is 1. The molecule has 1 aliphatic heterocycles. The fourth-order valence-corrected chi connectivity index (χ4v) is 1.84. The van der Waals surface area contributed by atoms with E-state index >= 15 is 0 Å². The van der Waals surface area contributed by atoms with Gasteiger partial charge in [-0.15, -0.1) is 0 Å². The van der Waals surface area contributed by atoms with E-state index < -0.39 is 23.5 Å². The number of nitrogens with one attached hydrogen (secondary N) is 1. The minimum atomic E-state index is -4.37. The van der Waals surface area contributed by atoms with Gasteiger partial charge in [0.15, 0.2) is 0 Å². The molecule has 84 valence electrons. The third-order valence-corrected chi connectivity index (χ3v) is 2.80. The van der Waals surface area contributed by atoms with Crippen molar-refractivity contribution in [2.75, 3.05) is 13.1 Å². The van der Waals surface area contributed by atoms with E-state index in [9.17, 15) is 22.8 Å². The summed E-state index contributed by atoms with van der Waals surface area (Å²) >= 11 is 0. The molecule has 0 unspecified atom stereocenters. The van der Waals surface area contributed by atoms with Crippen LogP contribution in [-0.4, -0.2) is 41.5 Å². The Kier molecular flexibility index (Phi) is 2.04. The Bertz CT molecular complexity index is 306. The highest BCUT2D eigenvalue weighted by molar-refractivity contribution is 5.99. The van der Waals surface area contributed by atoms with Crippen molar-refractivity contribution < 1.29 is 22.8 Å². The standard InChI is InChI=1S/C8H9F3N2O2/c9-8(10,11)7(1-2-7)13-3-5(14)12-6(15)4-13/h1-4H2,(H,12,14,15). The molecule has 0 bridgehead atoms. The van der Waals surface area contributed by atoms with Crippen LogP contribution >= 0.6 is 0 Å². The molecule has 1 saturated carbocycles. The minimum Gasteiger partial charge on any atom is -0.294 e. The summed E-state index contributed by atoms with van der Waals surface area (Å²) in [5, 5.41) is 1.97. The average Bonchev–Trinajstić information content (AvgIpc) is 2.79. The third kappa shape index (κ3) is 1.60. The van der Waals surface area contributed by atoms with Crippen LogP contribution in [-0.2, 0) is 9.59 Å². The van der Waals surface area contributed by atoms with E-state index in [4.69, 9.17) is 0 Å². The second-order valence-electron chi connectivity index (χ2n) is 3.86. The van der Waals surface area contributed by atoms with Gasteiger partial charge in [-0.05, 0) is 12.8 Å². The monoisotopic (exact) mass is 222 g/mol. The first-order valence-electron chi connectivity index (χ1n) is 4.50. The van der Waals surface area contributed by atoms with Crippen molar-refractivity contribution in [1.29, 1.82) is 0 Å². The Morgan fingerprint density at radius 2 is 1.60 bits per heavy atom. The first kappa shape index (κ1) is 10.4. The maximum atomic E-state index is 12.6. The highest BCUT2D eigenvalue weighted by atomic mass is 19.4. The number of halogens is 3. The molecule has 2 amide bonds. The molecule has 0 atom stereocenters. The zero-order valence-electron chi connectivity index (χ0n) is 7.73. The lowest BCUT2D eigenvalue weighted by atomic mass is 10.2. The van der Waals surface area contributed by atoms with Gasteiger partial charge in [-0.1, -0.05) is 0 Å². The molecule has 1 N–H and O–H groups in total. The summed E-state index contributed by atoms with van der Waals surface area (Å²) in [5.74, 6) is -1.33. The van der Waals surface area contributed by atoms with Crippen LogP contribution in [0, 0.1) is 0 Å². The lowest BCUT2D eigenvalue weighted by Gasteiger charge is -2.34. The lowest BCUT2D eigenvalue weighted by Crippen LogP contribution is -2.59. The number of carbonyl (C=O) groups excluding carboxylic acids is 2. The predicted molar refractivity (Wildman–Crippen MR) is 42.7 cm³/mol. The molecule has 1 saturated heterocycles. The number of hydrogen-bond acceptors (Lipinski definition) is 3. The molecule has 2 aliphatic rings. The summed E-state index contributed by atoms with van der Waals surface area (Å²) in [6, 6.07) is 0. The van der Waals surface area contributed by atoms with Crippen molar-refractivity contribution in [3.63, 3.8) is 0 Å². The van der Waals surface area contributed by atoms with E-state index in [1.807, 2.05) is 5.32 Å². The van der Waals surface area contributed by atoms with E-state index in [2.05, 4.69) is 0 Å². The number of nitrogens with zero attached hydrogens (tertiary/aromatic N) is 1. The van der Waals surface area contributed by atoms with Gasteiger partial charge in [0, 0.05) is 0 Å². The van der Waals surface area contributed by atoms with Crippen molar-refractivity contribution in [3.8, 4) is 0 Å². The summed E-state index contributed by atoms with van der Waals surface area (Å²) in [4.78, 5) is 22.8. The maximum absolute atomic E-state index is 12.6. The van der Waals surface area contributed by atoms with Gasteiger partial charge in [0.05, 0.1) is 13.1 Å². The van der Waals surface area contributed by atoms with Crippen molar-refractivity contribution in [2.24, 2.45) is 0 Å². The van der Waals surface area contributed by atoms with E-state index in [1.165, 1.54) is 0 Å². The number of alkyl halides is 3. The SMILES string of the molecule is O=C1CN(C2(C(F)(F)F)CC2)CC(=O)N1. The van der Waals surface area contributed by atoms with Gasteiger partial charge >= 0.3 is 6.18 Å². The fraction of sp³-hybridized carbons (Fsp3) is 0.750. The largest absolute Gasteiger partial charge is 0.406 e. The molecule has 2 rings (SSSR count). The molecule has 0 aromatic carbocycles. The normalized spacial score (nSPS) is 26.3. The highest BCUT2D eigenvalue weighted by Gasteiger charge is 2.67. The van der Waals surface area contributed by atoms with Crippen LogP contribution < -0.4 is 5.32 Å². The minimum absolute atomic E-state index is 0.0307. The number of piperazine rings is 1. The van der Waals surface area contributed by atoms with Gasteiger partial charge in [0.25, 0.3) is 0 Å². The van der Waals surface area contributed by atoms with Crippen LogP contribution in [0.25, 0.3) is 0 Å². The number of amides is 2. The molecule has 0 aromatic heterocycles. The van der Waals surface area contributed by atoms with Gasteiger partial charge in [-0.3, -0.25) is 19.8 Å². The zero-order chi connectivity index (χ0) is 11.3. The van der Waals surface area contributed by atoms with Crippen molar-refractivity contribution in [2.45, 2.75) is 24.6 Å². The molecule has 0 spiro atoms. The molecule has 2 fully saturated rings. The van der Waals surface area contributed by atoms with Gasteiger partial charge < -0.3 is 0 Å². The quantitative estimate of drug-likeness (QED) is 0.637. The molecule has 15 heavy (non-hydrogen) atoms. The van der Waals surface area contributed by atoms with Crippen LogP contribution in [0.3, 0.4) is 0 Å². The molecule has 4 nitrogen and oxygen atoms in total. The van der Waals surface area contributed by atoms with Gasteiger partial charge in [-0.2, -0.15) is 13.2 Å². The molecule has 7 heteroatoms. The molecular weight excluding hydrogens is 213 g/mol. The third-order valence-electron chi connectivity index (χ3n) is 2.80. The molecule has 1 aliphatic carbocycles.